The molecule has 0 spiro atoms. The monoisotopic (exact) mass is 346 g/mol. The maximum Gasteiger partial charge on any atom is 0.224 e. The first-order valence-corrected chi connectivity index (χ1v) is 8.70. The first-order valence-electron chi connectivity index (χ1n) is 8.70. The highest BCUT2D eigenvalue weighted by Crippen LogP contribution is 2.21. The van der Waals surface area contributed by atoms with E-state index < -0.39 is 0 Å². The van der Waals surface area contributed by atoms with Crippen LogP contribution < -0.4 is 4.90 Å². The number of nitrogens with zero attached hydrogens (tertiary/aromatic N) is 4. The summed E-state index contributed by atoms with van der Waals surface area (Å²) < 4.78 is 19.4. The van der Waals surface area contributed by atoms with Gasteiger partial charge in [0.25, 0.3) is 0 Å². The summed E-state index contributed by atoms with van der Waals surface area (Å²) in [5, 5.41) is 8.82. The van der Waals surface area contributed by atoms with E-state index in [4.69, 9.17) is 10.00 Å². The lowest BCUT2D eigenvalue weighted by molar-refractivity contribution is -0.135. The van der Waals surface area contributed by atoms with Crippen LogP contribution in [0.3, 0.4) is 0 Å². The first-order chi connectivity index (χ1) is 12.2. The van der Waals surface area contributed by atoms with E-state index in [1.54, 1.807) is 12.1 Å². The Morgan fingerprint density at radius 3 is 2.52 bits per heavy atom. The largest absolute Gasteiger partial charge is 0.378 e. The molecule has 7 heteroatoms. The number of benzene rings is 1. The van der Waals surface area contributed by atoms with Gasteiger partial charge in [-0.15, -0.1) is 0 Å². The Kier molecular flexibility index (Phi) is 5.84. The van der Waals surface area contributed by atoms with Crippen LogP contribution in [0.2, 0.25) is 0 Å². The molecule has 6 nitrogen and oxygen atoms in total. The molecule has 2 aliphatic rings. The average molecular weight is 346 g/mol. The fourth-order valence-corrected chi connectivity index (χ4v) is 3.27. The van der Waals surface area contributed by atoms with Crippen molar-refractivity contribution >= 4 is 11.6 Å². The van der Waals surface area contributed by atoms with Crippen LogP contribution >= 0.6 is 0 Å². The van der Waals surface area contributed by atoms with E-state index in [9.17, 15) is 9.18 Å². The van der Waals surface area contributed by atoms with Gasteiger partial charge in [0.2, 0.25) is 5.91 Å². The molecule has 25 heavy (non-hydrogen) atoms. The van der Waals surface area contributed by atoms with Crippen molar-refractivity contribution in [2.75, 3.05) is 63.9 Å². The molecule has 0 bridgehead atoms. The SMILES string of the molecule is N#Cc1ccc(N2CCN(CCC(=O)N3CCOCC3)CC2)c(F)c1. The molecule has 2 aliphatic heterocycles. The van der Waals surface area contributed by atoms with Crippen molar-refractivity contribution in [2.24, 2.45) is 0 Å². The Bertz CT molecular complexity index is 647. The first kappa shape index (κ1) is 17.6. The maximum absolute atomic E-state index is 14.1. The number of hydrogen-bond acceptors (Lipinski definition) is 5. The van der Waals surface area contributed by atoms with E-state index in [1.807, 2.05) is 15.9 Å². The van der Waals surface area contributed by atoms with Crippen LogP contribution in [-0.2, 0) is 9.53 Å². The highest BCUT2D eigenvalue weighted by atomic mass is 19.1. The van der Waals surface area contributed by atoms with Crippen molar-refractivity contribution in [3.05, 3.63) is 29.6 Å². The van der Waals surface area contributed by atoms with Gasteiger partial charge in [-0.05, 0) is 18.2 Å². The number of hydrogen-bond donors (Lipinski definition) is 0. The van der Waals surface area contributed by atoms with Crippen molar-refractivity contribution in [1.82, 2.24) is 9.80 Å². The van der Waals surface area contributed by atoms with Crippen LogP contribution in [0.25, 0.3) is 0 Å². The van der Waals surface area contributed by atoms with Crippen molar-refractivity contribution < 1.29 is 13.9 Å². The van der Waals surface area contributed by atoms with E-state index in [0.29, 0.717) is 57.1 Å². The van der Waals surface area contributed by atoms with Gasteiger partial charge in [-0.3, -0.25) is 9.69 Å². The van der Waals surface area contributed by atoms with E-state index in [-0.39, 0.29) is 11.7 Å². The molecule has 0 N–H and O–H groups in total. The number of morpholine rings is 1. The van der Waals surface area contributed by atoms with E-state index in [1.165, 1.54) is 6.07 Å². The molecule has 1 aromatic rings. The third kappa shape index (κ3) is 4.47. The van der Waals surface area contributed by atoms with Crippen LogP contribution in [0.1, 0.15) is 12.0 Å². The summed E-state index contributed by atoms with van der Waals surface area (Å²) in [6.07, 6.45) is 0.519. The van der Waals surface area contributed by atoms with Crippen molar-refractivity contribution in [3.8, 4) is 6.07 Å². The minimum absolute atomic E-state index is 0.184. The van der Waals surface area contributed by atoms with Crippen molar-refractivity contribution in [3.63, 3.8) is 0 Å². The Labute approximate surface area is 147 Å². The average Bonchev–Trinajstić information content (AvgIpc) is 2.67. The van der Waals surface area contributed by atoms with Crippen molar-refractivity contribution in [2.45, 2.75) is 6.42 Å². The molecule has 0 aromatic heterocycles. The zero-order valence-corrected chi connectivity index (χ0v) is 14.3. The van der Waals surface area contributed by atoms with Crippen molar-refractivity contribution in [1.29, 1.82) is 5.26 Å². The molecular weight excluding hydrogens is 323 g/mol. The molecule has 0 atom stereocenters. The number of carbonyl (C=O) groups excluding carboxylic acids is 1. The zero-order chi connectivity index (χ0) is 17.6. The van der Waals surface area contributed by atoms with Gasteiger partial charge in [0, 0.05) is 52.2 Å². The smallest absolute Gasteiger partial charge is 0.224 e. The second kappa shape index (κ2) is 8.28. The van der Waals surface area contributed by atoms with Gasteiger partial charge in [0.1, 0.15) is 5.82 Å². The summed E-state index contributed by atoms with van der Waals surface area (Å²) in [7, 11) is 0. The molecule has 2 heterocycles. The number of carbonyl (C=O) groups is 1. The van der Waals surface area contributed by atoms with E-state index in [0.717, 1.165) is 19.6 Å². The second-order valence-corrected chi connectivity index (χ2v) is 6.35. The predicted molar refractivity (Wildman–Crippen MR) is 91.8 cm³/mol. The van der Waals surface area contributed by atoms with Gasteiger partial charge >= 0.3 is 0 Å². The van der Waals surface area contributed by atoms with Gasteiger partial charge in [-0.1, -0.05) is 0 Å². The number of halogens is 1. The summed E-state index contributed by atoms with van der Waals surface area (Å²) in [6.45, 7) is 6.39. The third-order valence-corrected chi connectivity index (χ3v) is 4.80. The molecule has 1 aromatic carbocycles. The van der Waals surface area contributed by atoms with Gasteiger partial charge in [0.15, 0.2) is 0 Å². The number of amides is 1. The minimum Gasteiger partial charge on any atom is -0.378 e. The predicted octanol–water partition coefficient (Wildman–Crippen LogP) is 1.07. The van der Waals surface area contributed by atoms with Gasteiger partial charge in [0.05, 0.1) is 30.5 Å². The highest BCUT2D eigenvalue weighted by Gasteiger charge is 2.22. The fraction of sp³-hybridized carbons (Fsp3) is 0.556. The van der Waals surface area contributed by atoms with Gasteiger partial charge in [-0.25, -0.2) is 4.39 Å². The Morgan fingerprint density at radius 1 is 1.16 bits per heavy atom. The Hall–Kier alpha value is -2.17. The van der Waals surface area contributed by atoms with Crippen LogP contribution in [-0.4, -0.2) is 74.7 Å². The Balaban J connectivity index is 1.45. The number of piperazine rings is 1. The van der Waals surface area contributed by atoms with Gasteiger partial charge < -0.3 is 14.5 Å². The molecule has 0 unspecified atom stereocenters. The van der Waals surface area contributed by atoms with E-state index >= 15 is 0 Å². The van der Waals surface area contributed by atoms with Crippen LogP contribution in [0, 0.1) is 17.1 Å². The van der Waals surface area contributed by atoms with Crippen LogP contribution in [0.5, 0.6) is 0 Å². The standard InChI is InChI=1S/C18H23FN4O2/c19-16-13-15(14-20)1-2-17(16)22-7-5-21(6-8-22)4-3-18(24)23-9-11-25-12-10-23/h1-2,13H,3-12H2. The summed E-state index contributed by atoms with van der Waals surface area (Å²) in [5.74, 6) is -0.168. The maximum atomic E-state index is 14.1. The molecule has 3 rings (SSSR count). The summed E-state index contributed by atoms with van der Waals surface area (Å²) >= 11 is 0. The number of nitriles is 1. The molecule has 0 saturated carbocycles. The summed E-state index contributed by atoms with van der Waals surface area (Å²) in [5.41, 5.74) is 0.879. The summed E-state index contributed by atoms with van der Waals surface area (Å²) in [4.78, 5) is 18.3. The topological polar surface area (TPSA) is 59.8 Å². The van der Waals surface area contributed by atoms with Crippen LogP contribution in [0.15, 0.2) is 18.2 Å². The second-order valence-electron chi connectivity index (χ2n) is 6.35. The summed E-state index contributed by atoms with van der Waals surface area (Å²) in [6, 6.07) is 6.55. The molecule has 1 amide bonds. The lowest BCUT2D eigenvalue weighted by Gasteiger charge is -2.36. The molecule has 2 saturated heterocycles. The normalized spacial score (nSPS) is 18.9. The van der Waals surface area contributed by atoms with Gasteiger partial charge in [-0.2, -0.15) is 5.26 Å². The highest BCUT2D eigenvalue weighted by molar-refractivity contribution is 5.76. The fourth-order valence-electron chi connectivity index (χ4n) is 3.27. The lowest BCUT2D eigenvalue weighted by Crippen LogP contribution is -2.48. The zero-order valence-electron chi connectivity index (χ0n) is 14.3. The molecule has 0 radical (unpaired) electrons. The molecule has 2 fully saturated rings. The molecule has 0 aliphatic carbocycles. The van der Waals surface area contributed by atoms with E-state index in [2.05, 4.69) is 4.90 Å². The third-order valence-electron chi connectivity index (χ3n) is 4.80. The quantitative estimate of drug-likeness (QED) is 0.816. The Morgan fingerprint density at radius 2 is 1.88 bits per heavy atom. The number of ether oxygens (including phenoxy) is 1. The molecule has 134 valence electrons. The molecular formula is C18H23FN4O2. The lowest BCUT2D eigenvalue weighted by atomic mass is 10.1. The minimum atomic E-state index is -0.352. The number of rotatable bonds is 4. The van der Waals surface area contributed by atoms with Crippen LogP contribution in [0.4, 0.5) is 10.1 Å². The number of anilines is 1.